The van der Waals surface area contributed by atoms with Gasteiger partial charge in [0, 0.05) is 48.8 Å². The van der Waals surface area contributed by atoms with Crippen LogP contribution in [-0.4, -0.2) is 52.9 Å². The number of fused-ring (bicyclic) bond motifs is 1. The smallest absolute Gasteiger partial charge is 0.239 e. The number of aromatic amines is 1. The SMILES string of the molecule is CCN(CC)C(=O)[C@@H](C)N1CC=C(c2c[nH]c3ccccc23)CC1. The molecule has 2 aromatic rings. The number of nitrogens with zero attached hydrogens (tertiary/aromatic N) is 2. The number of H-pyrrole nitrogens is 1. The van der Waals surface area contributed by atoms with E-state index in [0.717, 1.165) is 32.6 Å². The number of carbonyl (C=O) groups excluding carboxylic acids is 1. The van der Waals surface area contributed by atoms with Crippen molar-refractivity contribution in [1.29, 1.82) is 0 Å². The Morgan fingerprint density at radius 1 is 1.29 bits per heavy atom. The topological polar surface area (TPSA) is 39.3 Å². The Morgan fingerprint density at radius 2 is 2.04 bits per heavy atom. The first-order valence-corrected chi connectivity index (χ1v) is 8.94. The van der Waals surface area contributed by atoms with E-state index in [0.29, 0.717) is 0 Å². The van der Waals surface area contributed by atoms with E-state index in [-0.39, 0.29) is 11.9 Å². The van der Waals surface area contributed by atoms with Crippen molar-refractivity contribution in [2.75, 3.05) is 26.2 Å². The molecular weight excluding hydrogens is 298 g/mol. The highest BCUT2D eigenvalue weighted by molar-refractivity contribution is 5.92. The molecule has 24 heavy (non-hydrogen) atoms. The standard InChI is InChI=1S/C20H27N3O/c1-4-22(5-2)20(24)15(3)23-12-10-16(11-13-23)18-14-21-19-9-7-6-8-17(18)19/h6-10,14-15,21H,4-5,11-13H2,1-3H3/t15-/m1/s1. The van der Waals surface area contributed by atoms with Crippen molar-refractivity contribution in [2.45, 2.75) is 33.2 Å². The maximum atomic E-state index is 12.5. The van der Waals surface area contributed by atoms with Crippen molar-refractivity contribution >= 4 is 22.4 Å². The fourth-order valence-corrected chi connectivity index (χ4v) is 3.57. The summed E-state index contributed by atoms with van der Waals surface area (Å²) >= 11 is 0. The zero-order chi connectivity index (χ0) is 17.1. The molecule has 2 heterocycles. The molecule has 0 bridgehead atoms. The molecule has 4 nitrogen and oxygen atoms in total. The highest BCUT2D eigenvalue weighted by Crippen LogP contribution is 2.29. The van der Waals surface area contributed by atoms with Gasteiger partial charge in [-0.1, -0.05) is 24.3 Å². The minimum absolute atomic E-state index is 0.0503. The van der Waals surface area contributed by atoms with Gasteiger partial charge in [-0.05, 0) is 38.8 Å². The van der Waals surface area contributed by atoms with Crippen LogP contribution in [0.15, 0.2) is 36.5 Å². The number of rotatable bonds is 5. The van der Waals surface area contributed by atoms with Crippen LogP contribution in [0.3, 0.4) is 0 Å². The maximum Gasteiger partial charge on any atom is 0.239 e. The summed E-state index contributed by atoms with van der Waals surface area (Å²) in [6.07, 6.45) is 5.37. The van der Waals surface area contributed by atoms with Crippen LogP contribution in [0, 0.1) is 0 Å². The van der Waals surface area contributed by atoms with Gasteiger partial charge in [-0.3, -0.25) is 9.69 Å². The molecule has 1 N–H and O–H groups in total. The van der Waals surface area contributed by atoms with Crippen molar-refractivity contribution in [3.05, 3.63) is 42.1 Å². The number of hydrogen-bond donors (Lipinski definition) is 1. The lowest BCUT2D eigenvalue weighted by atomic mass is 9.98. The van der Waals surface area contributed by atoms with Crippen LogP contribution >= 0.6 is 0 Å². The highest BCUT2D eigenvalue weighted by Gasteiger charge is 2.26. The summed E-state index contributed by atoms with van der Waals surface area (Å²) in [7, 11) is 0. The van der Waals surface area contributed by atoms with Crippen LogP contribution in [0.5, 0.6) is 0 Å². The van der Waals surface area contributed by atoms with Gasteiger partial charge in [-0.15, -0.1) is 0 Å². The molecule has 3 rings (SSSR count). The second-order valence-electron chi connectivity index (χ2n) is 6.41. The molecule has 0 saturated carbocycles. The van der Waals surface area contributed by atoms with Crippen molar-refractivity contribution in [3.8, 4) is 0 Å². The molecule has 1 aliphatic rings. The van der Waals surface area contributed by atoms with Gasteiger partial charge >= 0.3 is 0 Å². The average Bonchev–Trinajstić information content (AvgIpc) is 3.06. The predicted molar refractivity (Wildman–Crippen MR) is 99.9 cm³/mol. The molecule has 1 aliphatic heterocycles. The van der Waals surface area contributed by atoms with Crippen molar-refractivity contribution < 1.29 is 4.79 Å². The monoisotopic (exact) mass is 325 g/mol. The number of para-hydroxylation sites is 1. The number of likely N-dealkylation sites (N-methyl/N-ethyl adjacent to an activating group) is 1. The molecule has 0 aliphatic carbocycles. The maximum absolute atomic E-state index is 12.5. The zero-order valence-corrected chi connectivity index (χ0v) is 14.9. The number of aromatic nitrogens is 1. The van der Waals surface area contributed by atoms with Crippen molar-refractivity contribution in [2.24, 2.45) is 0 Å². The molecule has 4 heteroatoms. The van der Waals surface area contributed by atoms with Gasteiger partial charge in [-0.2, -0.15) is 0 Å². The van der Waals surface area contributed by atoms with E-state index < -0.39 is 0 Å². The van der Waals surface area contributed by atoms with Crippen LogP contribution in [0.2, 0.25) is 0 Å². The summed E-state index contributed by atoms with van der Waals surface area (Å²) in [6.45, 7) is 9.44. The quantitative estimate of drug-likeness (QED) is 0.913. The van der Waals surface area contributed by atoms with Gasteiger partial charge in [-0.25, -0.2) is 0 Å². The molecule has 0 spiro atoms. The van der Waals surface area contributed by atoms with Gasteiger partial charge < -0.3 is 9.88 Å². The average molecular weight is 325 g/mol. The Kier molecular flexibility index (Phi) is 5.05. The molecule has 0 fully saturated rings. The van der Waals surface area contributed by atoms with Gasteiger partial charge in [0.1, 0.15) is 0 Å². The zero-order valence-electron chi connectivity index (χ0n) is 14.9. The first-order chi connectivity index (χ1) is 11.7. The van der Waals surface area contributed by atoms with Crippen LogP contribution in [0.25, 0.3) is 16.5 Å². The number of carbonyl (C=O) groups is 1. The first kappa shape index (κ1) is 16.8. The number of nitrogens with one attached hydrogen (secondary N) is 1. The Balaban J connectivity index is 1.73. The minimum Gasteiger partial charge on any atom is -0.361 e. The lowest BCUT2D eigenvalue weighted by Gasteiger charge is -2.33. The highest BCUT2D eigenvalue weighted by atomic mass is 16.2. The summed E-state index contributed by atoms with van der Waals surface area (Å²) in [6, 6.07) is 8.37. The van der Waals surface area contributed by atoms with E-state index in [4.69, 9.17) is 0 Å². The third-order valence-electron chi connectivity index (χ3n) is 5.16. The summed E-state index contributed by atoms with van der Waals surface area (Å²) in [5.74, 6) is 0.240. The summed E-state index contributed by atoms with van der Waals surface area (Å²) < 4.78 is 0. The summed E-state index contributed by atoms with van der Waals surface area (Å²) in [5, 5.41) is 1.28. The number of benzene rings is 1. The first-order valence-electron chi connectivity index (χ1n) is 8.94. The Morgan fingerprint density at radius 3 is 2.71 bits per heavy atom. The van der Waals surface area contributed by atoms with Gasteiger partial charge in [0.2, 0.25) is 5.91 Å². The van der Waals surface area contributed by atoms with Crippen LogP contribution in [0.1, 0.15) is 32.8 Å². The summed E-state index contributed by atoms with van der Waals surface area (Å²) in [4.78, 5) is 20.1. The van der Waals surface area contributed by atoms with E-state index in [1.807, 2.05) is 25.7 Å². The van der Waals surface area contributed by atoms with E-state index in [2.05, 4.69) is 46.4 Å². The Hall–Kier alpha value is -2.07. The lowest BCUT2D eigenvalue weighted by molar-refractivity contribution is -0.135. The fourth-order valence-electron chi connectivity index (χ4n) is 3.57. The lowest BCUT2D eigenvalue weighted by Crippen LogP contribution is -2.48. The van der Waals surface area contributed by atoms with Crippen LogP contribution in [0.4, 0.5) is 0 Å². The molecular formula is C20H27N3O. The second kappa shape index (κ2) is 7.22. The molecule has 1 aromatic carbocycles. The molecule has 1 amide bonds. The summed E-state index contributed by atoms with van der Waals surface area (Å²) in [5.41, 5.74) is 3.86. The fraction of sp³-hybridized carbons (Fsp3) is 0.450. The molecule has 0 radical (unpaired) electrons. The molecule has 0 unspecified atom stereocenters. The molecule has 0 saturated heterocycles. The van der Waals surface area contributed by atoms with Gasteiger partial charge in [0.05, 0.1) is 6.04 Å². The van der Waals surface area contributed by atoms with Crippen LogP contribution < -0.4 is 0 Å². The number of amides is 1. The minimum atomic E-state index is -0.0503. The molecule has 1 atom stereocenters. The van der Waals surface area contributed by atoms with Crippen LogP contribution in [-0.2, 0) is 4.79 Å². The Labute approximate surface area is 144 Å². The van der Waals surface area contributed by atoms with E-state index in [9.17, 15) is 4.79 Å². The van der Waals surface area contributed by atoms with E-state index in [1.165, 1.54) is 22.0 Å². The third-order valence-corrected chi connectivity index (χ3v) is 5.16. The van der Waals surface area contributed by atoms with Crippen molar-refractivity contribution in [3.63, 3.8) is 0 Å². The Bertz CT molecular complexity index is 742. The molecule has 128 valence electrons. The largest absolute Gasteiger partial charge is 0.361 e. The van der Waals surface area contributed by atoms with Gasteiger partial charge in [0.25, 0.3) is 0 Å². The number of hydrogen-bond acceptors (Lipinski definition) is 2. The molecule has 1 aromatic heterocycles. The predicted octanol–water partition coefficient (Wildman–Crippen LogP) is 3.51. The third kappa shape index (κ3) is 3.11. The van der Waals surface area contributed by atoms with Crippen molar-refractivity contribution in [1.82, 2.24) is 14.8 Å². The van der Waals surface area contributed by atoms with E-state index in [1.54, 1.807) is 0 Å². The van der Waals surface area contributed by atoms with E-state index >= 15 is 0 Å². The van der Waals surface area contributed by atoms with Gasteiger partial charge in [0.15, 0.2) is 0 Å². The second-order valence-corrected chi connectivity index (χ2v) is 6.41. The normalized spacial score (nSPS) is 16.9.